The monoisotopic (exact) mass is 362 g/mol. The average Bonchev–Trinajstić information content (AvgIpc) is 2.36. The minimum absolute atomic E-state index is 0.0285. The maximum Gasteiger partial charge on any atom is 0.410 e. The lowest BCUT2D eigenvalue weighted by Gasteiger charge is -2.41. The van der Waals surface area contributed by atoms with Gasteiger partial charge >= 0.3 is 6.09 Å². The van der Waals surface area contributed by atoms with Crippen molar-refractivity contribution >= 4 is 29.3 Å². The van der Waals surface area contributed by atoms with Crippen molar-refractivity contribution in [3.63, 3.8) is 0 Å². The van der Waals surface area contributed by atoms with E-state index in [1.165, 1.54) is 12.1 Å². The van der Waals surface area contributed by atoms with E-state index in [0.29, 0.717) is 23.7 Å². The molecular formula is C16H21Cl2FN2O2. The van der Waals surface area contributed by atoms with Crippen molar-refractivity contribution in [2.45, 2.75) is 45.4 Å². The van der Waals surface area contributed by atoms with E-state index in [1.807, 2.05) is 27.7 Å². The maximum atomic E-state index is 13.6. The molecule has 0 aliphatic carbocycles. The first-order valence-corrected chi connectivity index (χ1v) is 8.21. The number of nitrogens with zero attached hydrogens (tertiary/aromatic N) is 1. The zero-order valence-corrected chi connectivity index (χ0v) is 15.1. The quantitative estimate of drug-likeness (QED) is 0.810. The van der Waals surface area contributed by atoms with Gasteiger partial charge in [-0.3, -0.25) is 0 Å². The molecule has 0 aromatic heterocycles. The molecule has 1 aliphatic heterocycles. The van der Waals surface area contributed by atoms with Gasteiger partial charge in [0.25, 0.3) is 0 Å². The van der Waals surface area contributed by atoms with Crippen molar-refractivity contribution in [1.29, 1.82) is 0 Å². The second kappa shape index (κ2) is 6.83. The SMILES string of the molecule is CC(NC1CN(C(=O)OC(C)(C)C)C1)c1c(Cl)ccc(F)c1Cl. The van der Waals surface area contributed by atoms with Gasteiger partial charge in [-0.05, 0) is 39.8 Å². The number of hydrogen-bond donors (Lipinski definition) is 1. The Morgan fingerprint density at radius 3 is 2.57 bits per heavy atom. The lowest BCUT2D eigenvalue weighted by atomic mass is 10.0. The van der Waals surface area contributed by atoms with Crippen molar-refractivity contribution in [3.8, 4) is 0 Å². The van der Waals surface area contributed by atoms with Crippen LogP contribution in [0.15, 0.2) is 12.1 Å². The predicted octanol–water partition coefficient (Wildman–Crippen LogP) is 4.40. The standard InChI is InChI=1S/C16H21Cl2FN2O2/c1-9(13-11(17)5-6-12(19)14(13)18)20-10-7-21(8-10)15(22)23-16(2,3)4/h5-6,9-10,20H,7-8H2,1-4H3. The fourth-order valence-electron chi connectivity index (χ4n) is 2.44. The summed E-state index contributed by atoms with van der Waals surface area (Å²) in [5, 5.41) is 3.75. The summed E-state index contributed by atoms with van der Waals surface area (Å²) < 4.78 is 18.9. The summed E-state index contributed by atoms with van der Waals surface area (Å²) in [5.74, 6) is -0.497. The topological polar surface area (TPSA) is 41.6 Å². The molecule has 1 saturated heterocycles. The molecule has 1 aliphatic rings. The molecule has 0 bridgehead atoms. The minimum Gasteiger partial charge on any atom is -0.444 e. The second-order valence-corrected chi connectivity index (χ2v) is 7.51. The second-order valence-electron chi connectivity index (χ2n) is 6.73. The number of benzene rings is 1. The average molecular weight is 363 g/mol. The normalized spacial score (nSPS) is 16.9. The Morgan fingerprint density at radius 2 is 2.00 bits per heavy atom. The summed E-state index contributed by atoms with van der Waals surface area (Å²) in [4.78, 5) is 13.5. The molecule has 1 atom stereocenters. The highest BCUT2D eigenvalue weighted by Crippen LogP contribution is 2.33. The van der Waals surface area contributed by atoms with Crippen LogP contribution in [-0.4, -0.2) is 35.7 Å². The van der Waals surface area contributed by atoms with Crippen LogP contribution < -0.4 is 5.32 Å². The summed E-state index contributed by atoms with van der Waals surface area (Å²) in [5.41, 5.74) is 0.0231. The van der Waals surface area contributed by atoms with Gasteiger partial charge in [-0.2, -0.15) is 0 Å². The van der Waals surface area contributed by atoms with Gasteiger partial charge in [0.05, 0.1) is 5.02 Å². The molecule has 1 fully saturated rings. The van der Waals surface area contributed by atoms with Gasteiger partial charge in [0.2, 0.25) is 0 Å². The zero-order valence-electron chi connectivity index (χ0n) is 13.6. The van der Waals surface area contributed by atoms with E-state index in [2.05, 4.69) is 5.32 Å². The lowest BCUT2D eigenvalue weighted by Crippen LogP contribution is -2.60. The highest BCUT2D eigenvalue weighted by molar-refractivity contribution is 6.36. The van der Waals surface area contributed by atoms with Crippen molar-refractivity contribution in [2.24, 2.45) is 0 Å². The molecule has 4 nitrogen and oxygen atoms in total. The first-order valence-electron chi connectivity index (χ1n) is 7.46. The summed E-state index contributed by atoms with van der Waals surface area (Å²) in [6.45, 7) is 8.42. The van der Waals surface area contributed by atoms with Gasteiger partial charge < -0.3 is 15.0 Å². The van der Waals surface area contributed by atoms with Crippen LogP contribution in [-0.2, 0) is 4.74 Å². The fraction of sp³-hybridized carbons (Fsp3) is 0.562. The molecule has 1 N–H and O–H groups in total. The Hall–Kier alpha value is -1.04. The largest absolute Gasteiger partial charge is 0.444 e. The molecule has 23 heavy (non-hydrogen) atoms. The molecular weight excluding hydrogens is 342 g/mol. The molecule has 0 spiro atoms. The van der Waals surface area contributed by atoms with Crippen molar-refractivity contribution < 1.29 is 13.9 Å². The van der Waals surface area contributed by atoms with Crippen LogP contribution in [0.5, 0.6) is 0 Å². The summed E-state index contributed by atoms with van der Waals surface area (Å²) in [6.07, 6.45) is -0.329. The van der Waals surface area contributed by atoms with Crippen molar-refractivity contribution in [2.75, 3.05) is 13.1 Å². The van der Waals surface area contributed by atoms with E-state index in [0.717, 1.165) is 0 Å². The number of carbonyl (C=O) groups excluding carboxylic acids is 1. The first-order chi connectivity index (χ1) is 10.6. The minimum atomic E-state index is -0.508. The van der Waals surface area contributed by atoms with E-state index >= 15 is 0 Å². The number of halogens is 3. The molecule has 1 unspecified atom stereocenters. The van der Waals surface area contributed by atoms with Crippen LogP contribution in [0.3, 0.4) is 0 Å². The number of hydrogen-bond acceptors (Lipinski definition) is 3. The van der Waals surface area contributed by atoms with Gasteiger partial charge in [-0.1, -0.05) is 23.2 Å². The van der Waals surface area contributed by atoms with Crippen LogP contribution >= 0.6 is 23.2 Å². The molecule has 2 rings (SSSR count). The Bertz CT molecular complexity index is 598. The molecule has 1 aromatic carbocycles. The van der Waals surface area contributed by atoms with E-state index in [1.54, 1.807) is 4.90 Å². The predicted molar refractivity (Wildman–Crippen MR) is 89.6 cm³/mol. The molecule has 1 heterocycles. The Kier molecular flexibility index (Phi) is 5.44. The third-order valence-corrected chi connectivity index (χ3v) is 4.25. The van der Waals surface area contributed by atoms with Crippen LogP contribution in [0.4, 0.5) is 9.18 Å². The Morgan fingerprint density at radius 1 is 1.39 bits per heavy atom. The highest BCUT2D eigenvalue weighted by atomic mass is 35.5. The van der Waals surface area contributed by atoms with E-state index < -0.39 is 11.4 Å². The number of carbonyl (C=O) groups is 1. The zero-order chi connectivity index (χ0) is 17.4. The highest BCUT2D eigenvalue weighted by Gasteiger charge is 2.34. The van der Waals surface area contributed by atoms with E-state index in [-0.39, 0.29) is 23.2 Å². The number of nitrogens with one attached hydrogen (secondary N) is 1. The third kappa shape index (κ3) is 4.49. The fourth-order valence-corrected chi connectivity index (χ4v) is 3.13. The number of likely N-dealkylation sites (tertiary alicyclic amines) is 1. The van der Waals surface area contributed by atoms with Crippen LogP contribution in [0, 0.1) is 5.82 Å². The van der Waals surface area contributed by atoms with Crippen LogP contribution in [0.25, 0.3) is 0 Å². The Balaban J connectivity index is 1.91. The molecule has 1 amide bonds. The maximum absolute atomic E-state index is 13.6. The molecule has 128 valence electrons. The lowest BCUT2D eigenvalue weighted by molar-refractivity contribution is 0.00434. The molecule has 7 heteroatoms. The molecule has 0 saturated carbocycles. The summed E-state index contributed by atoms with van der Waals surface area (Å²) >= 11 is 12.1. The summed E-state index contributed by atoms with van der Waals surface area (Å²) in [7, 11) is 0. The van der Waals surface area contributed by atoms with Gasteiger partial charge in [0.1, 0.15) is 11.4 Å². The van der Waals surface area contributed by atoms with Crippen molar-refractivity contribution in [3.05, 3.63) is 33.6 Å². The van der Waals surface area contributed by atoms with Crippen molar-refractivity contribution in [1.82, 2.24) is 10.2 Å². The van der Waals surface area contributed by atoms with Gasteiger partial charge in [0, 0.05) is 35.8 Å². The Labute approximate surface area is 145 Å². The first kappa shape index (κ1) is 18.3. The molecule has 1 aromatic rings. The van der Waals surface area contributed by atoms with Gasteiger partial charge in [0.15, 0.2) is 0 Å². The number of ether oxygens (including phenoxy) is 1. The van der Waals surface area contributed by atoms with E-state index in [9.17, 15) is 9.18 Å². The summed E-state index contributed by atoms with van der Waals surface area (Å²) in [6, 6.07) is 2.60. The van der Waals surface area contributed by atoms with Crippen LogP contribution in [0.2, 0.25) is 10.0 Å². The number of rotatable bonds is 3. The third-order valence-electron chi connectivity index (χ3n) is 3.53. The van der Waals surface area contributed by atoms with Crippen LogP contribution in [0.1, 0.15) is 39.3 Å². The molecule has 0 radical (unpaired) electrons. The van der Waals surface area contributed by atoms with Gasteiger partial charge in [-0.25, -0.2) is 9.18 Å². The van der Waals surface area contributed by atoms with E-state index in [4.69, 9.17) is 27.9 Å². The van der Waals surface area contributed by atoms with Gasteiger partial charge in [-0.15, -0.1) is 0 Å². The smallest absolute Gasteiger partial charge is 0.410 e. The number of amides is 1.